The van der Waals surface area contributed by atoms with Gasteiger partial charge in [-0.1, -0.05) is 23.4 Å². The van der Waals surface area contributed by atoms with Crippen LogP contribution < -0.4 is 0 Å². The van der Waals surface area contributed by atoms with Crippen LogP contribution in [-0.4, -0.2) is 55.8 Å². The van der Waals surface area contributed by atoms with E-state index in [-0.39, 0.29) is 11.9 Å². The molecule has 8 nitrogen and oxygen atoms in total. The topological polar surface area (TPSA) is 78.1 Å². The maximum Gasteiger partial charge on any atom is 0.275 e. The van der Waals surface area contributed by atoms with Crippen molar-refractivity contribution in [2.24, 2.45) is 7.05 Å². The molecule has 1 unspecified atom stereocenters. The lowest BCUT2D eigenvalue weighted by atomic mass is 10.0. The number of rotatable bonds is 4. The number of methoxy groups -OCH3 is 1. The number of benzene rings is 1. The Morgan fingerprint density at radius 2 is 2.15 bits per heavy atom. The summed E-state index contributed by atoms with van der Waals surface area (Å²) in [6, 6.07) is 7.52. The molecule has 0 bridgehead atoms. The van der Waals surface area contributed by atoms with Gasteiger partial charge < -0.3 is 9.64 Å². The van der Waals surface area contributed by atoms with Crippen LogP contribution in [0.5, 0.6) is 0 Å². The summed E-state index contributed by atoms with van der Waals surface area (Å²) in [7, 11) is 3.49. The van der Waals surface area contributed by atoms with Crippen molar-refractivity contribution in [3.63, 3.8) is 0 Å². The first-order valence-corrected chi connectivity index (χ1v) is 8.79. The molecule has 0 fully saturated rings. The zero-order valence-corrected chi connectivity index (χ0v) is 15.2. The summed E-state index contributed by atoms with van der Waals surface area (Å²) in [5.74, 6) is -0.0967. The number of aromatic nitrogens is 5. The van der Waals surface area contributed by atoms with Crippen LogP contribution >= 0.6 is 0 Å². The van der Waals surface area contributed by atoms with E-state index in [1.54, 1.807) is 11.8 Å². The maximum atomic E-state index is 13.3. The zero-order valence-electron chi connectivity index (χ0n) is 15.2. The number of nitrogens with zero attached hydrogens (tertiary/aromatic N) is 6. The van der Waals surface area contributed by atoms with Crippen molar-refractivity contribution in [3.8, 4) is 0 Å². The predicted octanol–water partition coefficient (Wildman–Crippen LogP) is 1.57. The van der Waals surface area contributed by atoms with Crippen LogP contribution in [0.2, 0.25) is 0 Å². The fourth-order valence-corrected chi connectivity index (χ4v) is 3.72. The molecule has 136 valence electrons. The van der Waals surface area contributed by atoms with Crippen LogP contribution in [-0.2, 0) is 24.8 Å². The van der Waals surface area contributed by atoms with Gasteiger partial charge in [-0.15, -0.1) is 5.10 Å². The summed E-state index contributed by atoms with van der Waals surface area (Å²) >= 11 is 0. The number of hydrogen-bond donors (Lipinski definition) is 0. The lowest BCUT2D eigenvalue weighted by Crippen LogP contribution is -2.42. The van der Waals surface area contributed by atoms with Crippen LogP contribution in [0.4, 0.5) is 0 Å². The second kappa shape index (κ2) is 6.53. The molecular weight excluding hydrogens is 332 g/mol. The average molecular weight is 354 g/mol. The van der Waals surface area contributed by atoms with E-state index in [0.29, 0.717) is 18.8 Å². The van der Waals surface area contributed by atoms with Crippen molar-refractivity contribution in [3.05, 3.63) is 41.3 Å². The van der Waals surface area contributed by atoms with E-state index < -0.39 is 0 Å². The van der Waals surface area contributed by atoms with Crippen LogP contribution in [0.25, 0.3) is 10.9 Å². The third-order valence-electron chi connectivity index (χ3n) is 4.99. The Labute approximate surface area is 151 Å². The highest BCUT2D eigenvalue weighted by Gasteiger charge is 2.36. The van der Waals surface area contributed by atoms with Crippen LogP contribution in [0, 0.1) is 0 Å². The highest BCUT2D eigenvalue weighted by Crippen LogP contribution is 2.30. The number of aryl methyl sites for hydroxylation is 2. The molecule has 3 aromatic rings. The Balaban J connectivity index is 1.75. The molecular formula is C18H22N6O2. The first-order chi connectivity index (χ1) is 12.7. The van der Waals surface area contributed by atoms with Crippen LogP contribution in [0.15, 0.2) is 24.3 Å². The van der Waals surface area contributed by atoms with Gasteiger partial charge in [0.1, 0.15) is 11.7 Å². The summed E-state index contributed by atoms with van der Waals surface area (Å²) < 4.78 is 9.04. The van der Waals surface area contributed by atoms with Crippen molar-refractivity contribution in [1.82, 2.24) is 29.7 Å². The molecule has 0 saturated heterocycles. The highest BCUT2D eigenvalue weighted by molar-refractivity contribution is 6.05. The van der Waals surface area contributed by atoms with E-state index in [1.165, 1.54) is 0 Å². The minimum atomic E-state index is -0.252. The van der Waals surface area contributed by atoms with Gasteiger partial charge in [-0.25, -0.2) is 4.68 Å². The summed E-state index contributed by atoms with van der Waals surface area (Å²) in [6.07, 6.45) is 0.729. The molecule has 1 atom stereocenters. The lowest BCUT2D eigenvalue weighted by Gasteiger charge is -2.34. The Kier molecular flexibility index (Phi) is 4.20. The second-order valence-electron chi connectivity index (χ2n) is 6.45. The van der Waals surface area contributed by atoms with Crippen molar-refractivity contribution in [2.45, 2.75) is 25.9 Å². The zero-order chi connectivity index (χ0) is 18.3. The third kappa shape index (κ3) is 2.48. The molecule has 1 aliphatic rings. The van der Waals surface area contributed by atoms with E-state index in [2.05, 4.69) is 15.4 Å². The monoisotopic (exact) mass is 354 g/mol. The summed E-state index contributed by atoms with van der Waals surface area (Å²) in [4.78, 5) is 15.2. The van der Waals surface area contributed by atoms with Crippen LogP contribution in [0.1, 0.15) is 34.8 Å². The molecule has 4 rings (SSSR count). The normalized spacial score (nSPS) is 16.9. The fourth-order valence-electron chi connectivity index (χ4n) is 3.72. The predicted molar refractivity (Wildman–Crippen MR) is 95.8 cm³/mol. The second-order valence-corrected chi connectivity index (χ2v) is 6.45. The molecule has 26 heavy (non-hydrogen) atoms. The molecule has 0 N–H and O–H groups in total. The minimum absolute atomic E-state index is 0.0967. The minimum Gasteiger partial charge on any atom is -0.382 e. The van der Waals surface area contributed by atoms with Crippen molar-refractivity contribution < 1.29 is 9.53 Å². The molecule has 0 aliphatic carbocycles. The molecule has 0 spiro atoms. The maximum absolute atomic E-state index is 13.3. The number of ether oxygens (including phenoxy) is 1. The van der Waals surface area contributed by atoms with Gasteiger partial charge in [0, 0.05) is 39.1 Å². The van der Waals surface area contributed by atoms with Gasteiger partial charge in [0.25, 0.3) is 5.91 Å². The molecule has 8 heteroatoms. The number of fused-ring (bicyclic) bond motifs is 2. The van der Waals surface area contributed by atoms with Gasteiger partial charge in [0.05, 0.1) is 17.8 Å². The summed E-state index contributed by atoms with van der Waals surface area (Å²) in [6.45, 7) is 3.78. The number of carbonyl (C=O) groups excluding carboxylic acids is 1. The van der Waals surface area contributed by atoms with Crippen molar-refractivity contribution >= 4 is 16.8 Å². The fraction of sp³-hybridized carbons (Fsp3) is 0.444. The van der Waals surface area contributed by atoms with E-state index >= 15 is 0 Å². The largest absolute Gasteiger partial charge is 0.382 e. The molecule has 3 heterocycles. The van der Waals surface area contributed by atoms with E-state index in [9.17, 15) is 4.79 Å². The Morgan fingerprint density at radius 3 is 2.92 bits per heavy atom. The van der Waals surface area contributed by atoms with Crippen molar-refractivity contribution in [1.29, 1.82) is 0 Å². The molecule has 2 aromatic heterocycles. The number of para-hydroxylation sites is 1. The Bertz CT molecular complexity index is 960. The van der Waals surface area contributed by atoms with Gasteiger partial charge >= 0.3 is 0 Å². The highest BCUT2D eigenvalue weighted by atomic mass is 16.5. The number of carbonyl (C=O) groups is 1. The van der Waals surface area contributed by atoms with E-state index in [1.807, 2.05) is 47.8 Å². The SMILES string of the molecule is CCn1nnc2c1CCN(C(=O)c1nn(C)c3ccccc13)C2COC. The van der Waals surface area contributed by atoms with Gasteiger partial charge in [0.2, 0.25) is 0 Å². The van der Waals surface area contributed by atoms with Crippen LogP contribution in [0.3, 0.4) is 0 Å². The first kappa shape index (κ1) is 16.7. The number of hydrogen-bond acceptors (Lipinski definition) is 5. The summed E-state index contributed by atoms with van der Waals surface area (Å²) in [5.41, 5.74) is 3.32. The quantitative estimate of drug-likeness (QED) is 0.711. The third-order valence-corrected chi connectivity index (χ3v) is 4.99. The lowest BCUT2D eigenvalue weighted by molar-refractivity contribution is 0.0486. The first-order valence-electron chi connectivity index (χ1n) is 8.79. The molecule has 0 saturated carbocycles. The molecule has 0 radical (unpaired) electrons. The average Bonchev–Trinajstić information content (AvgIpc) is 3.23. The molecule has 1 aliphatic heterocycles. The Morgan fingerprint density at radius 1 is 1.35 bits per heavy atom. The van der Waals surface area contributed by atoms with Crippen molar-refractivity contribution in [2.75, 3.05) is 20.3 Å². The van der Waals surface area contributed by atoms with Gasteiger partial charge in [-0.3, -0.25) is 9.48 Å². The Hall–Kier alpha value is -2.74. The van der Waals surface area contributed by atoms with Gasteiger partial charge in [0.15, 0.2) is 5.69 Å². The standard InChI is InChI=1S/C18H22N6O2/c1-4-24-14-9-10-23(15(11-26-3)17(14)19-21-24)18(25)16-12-7-5-6-8-13(12)22(2)20-16/h5-8,15H,4,9-11H2,1-3H3. The van der Waals surface area contributed by atoms with E-state index in [0.717, 1.165) is 35.3 Å². The number of amides is 1. The van der Waals surface area contributed by atoms with E-state index in [4.69, 9.17) is 4.74 Å². The molecule has 1 amide bonds. The van der Waals surface area contributed by atoms with Gasteiger partial charge in [-0.2, -0.15) is 5.10 Å². The summed E-state index contributed by atoms with van der Waals surface area (Å²) in [5, 5.41) is 13.9. The van der Waals surface area contributed by atoms with Gasteiger partial charge in [-0.05, 0) is 13.0 Å². The smallest absolute Gasteiger partial charge is 0.275 e. The molecule has 1 aromatic carbocycles.